The molecule has 1 unspecified atom stereocenters. The lowest BCUT2D eigenvalue weighted by molar-refractivity contribution is 0.122. The third-order valence-corrected chi connectivity index (χ3v) is 5.44. The molecule has 0 aliphatic carbocycles. The molecule has 0 aromatic heterocycles. The van der Waals surface area contributed by atoms with Gasteiger partial charge in [0.05, 0.1) is 6.54 Å². The van der Waals surface area contributed by atoms with Gasteiger partial charge >= 0.3 is 0 Å². The summed E-state index contributed by atoms with van der Waals surface area (Å²) in [6, 6.07) is 5.69. The van der Waals surface area contributed by atoms with Gasteiger partial charge in [0.2, 0.25) is 0 Å². The zero-order valence-electron chi connectivity index (χ0n) is 17.2. The number of piperazine rings is 1. The van der Waals surface area contributed by atoms with Gasteiger partial charge in [0, 0.05) is 49.8 Å². The molecule has 1 aliphatic rings. The van der Waals surface area contributed by atoms with Crippen molar-refractivity contribution in [2.75, 3.05) is 52.9 Å². The van der Waals surface area contributed by atoms with E-state index in [1.165, 1.54) is 6.07 Å². The number of rotatable bonds is 8. The maximum absolute atomic E-state index is 13.9. The fourth-order valence-corrected chi connectivity index (χ4v) is 3.49. The average molecular weight is 570 g/mol. The van der Waals surface area contributed by atoms with Crippen molar-refractivity contribution in [3.05, 3.63) is 34.1 Å². The van der Waals surface area contributed by atoms with Crippen molar-refractivity contribution in [3.63, 3.8) is 0 Å². The first-order valence-corrected chi connectivity index (χ1v) is 10.7. The van der Waals surface area contributed by atoms with E-state index in [-0.39, 0.29) is 29.8 Å². The van der Waals surface area contributed by atoms with Crippen LogP contribution in [0.25, 0.3) is 0 Å². The molecule has 0 amide bonds. The van der Waals surface area contributed by atoms with E-state index in [9.17, 15) is 4.39 Å². The molecule has 1 fully saturated rings. The first-order valence-electron chi connectivity index (χ1n) is 9.88. The van der Waals surface area contributed by atoms with Crippen LogP contribution in [0, 0.1) is 5.82 Å². The number of benzene rings is 1. The largest absolute Gasteiger partial charge is 0.357 e. The number of guanidine groups is 1. The molecule has 1 saturated heterocycles. The molecule has 1 heterocycles. The van der Waals surface area contributed by atoms with Gasteiger partial charge in [-0.15, -0.1) is 24.0 Å². The summed E-state index contributed by atoms with van der Waals surface area (Å²) in [6.45, 7) is 11.2. The fourth-order valence-electron chi connectivity index (χ4n) is 3.15. The highest BCUT2D eigenvalue weighted by atomic mass is 127. The topological polar surface area (TPSA) is 42.9 Å². The van der Waals surface area contributed by atoms with Gasteiger partial charge < -0.3 is 15.5 Å². The molecule has 0 spiro atoms. The van der Waals surface area contributed by atoms with Gasteiger partial charge in [-0.25, -0.2) is 4.39 Å². The quantitative estimate of drug-likeness (QED) is 0.218. The molecule has 2 N–H and O–H groups in total. The molecular weight excluding hydrogens is 536 g/mol. The van der Waals surface area contributed by atoms with Crippen molar-refractivity contribution in [1.82, 2.24) is 20.4 Å². The van der Waals surface area contributed by atoms with Crippen LogP contribution in [-0.4, -0.2) is 74.7 Å². The van der Waals surface area contributed by atoms with E-state index in [1.54, 1.807) is 0 Å². The molecule has 1 aromatic rings. The first kappa shape index (κ1) is 25.6. The lowest BCUT2D eigenvalue weighted by atomic mass is 10.1. The van der Waals surface area contributed by atoms with Crippen LogP contribution in [0.3, 0.4) is 0 Å². The van der Waals surface area contributed by atoms with Crippen LogP contribution in [0.1, 0.15) is 25.8 Å². The second-order valence-corrected chi connectivity index (χ2v) is 8.09. The number of nitrogens with zero attached hydrogens (tertiary/aromatic N) is 3. The number of aliphatic imine (C=N–C) groups is 1. The molecule has 5 nitrogen and oxygen atoms in total. The van der Waals surface area contributed by atoms with Gasteiger partial charge in [-0.2, -0.15) is 0 Å². The molecule has 2 rings (SSSR count). The number of nitrogens with one attached hydrogen (secondary N) is 2. The number of hydrogen-bond acceptors (Lipinski definition) is 3. The number of aryl methyl sites for hydroxylation is 1. The van der Waals surface area contributed by atoms with Gasteiger partial charge in [0.15, 0.2) is 5.96 Å². The summed E-state index contributed by atoms with van der Waals surface area (Å²) < 4.78 is 14.6. The molecule has 0 saturated carbocycles. The lowest BCUT2D eigenvalue weighted by Crippen LogP contribution is -2.49. The first-order chi connectivity index (χ1) is 13.0. The molecule has 1 aromatic carbocycles. The summed E-state index contributed by atoms with van der Waals surface area (Å²) in [5, 5.41) is 6.66. The summed E-state index contributed by atoms with van der Waals surface area (Å²) in [6.07, 6.45) is 1.57. The molecular formula is C20H34BrFIN5. The maximum Gasteiger partial charge on any atom is 0.191 e. The number of hydrogen-bond donors (Lipinski definition) is 2. The molecule has 160 valence electrons. The summed E-state index contributed by atoms with van der Waals surface area (Å²) in [5.74, 6) is 0.695. The Morgan fingerprint density at radius 3 is 2.61 bits per heavy atom. The van der Waals surface area contributed by atoms with E-state index in [1.807, 2.05) is 12.1 Å². The Hall–Kier alpha value is -0.450. The normalized spacial score (nSPS) is 17.1. The third-order valence-electron chi connectivity index (χ3n) is 4.95. The zero-order valence-corrected chi connectivity index (χ0v) is 21.1. The highest BCUT2D eigenvalue weighted by molar-refractivity contribution is 14.0. The third kappa shape index (κ3) is 8.92. The minimum Gasteiger partial charge on any atom is -0.357 e. The minimum atomic E-state index is -0.147. The predicted octanol–water partition coefficient (Wildman–Crippen LogP) is 3.33. The van der Waals surface area contributed by atoms with Gasteiger partial charge in [0.1, 0.15) is 5.82 Å². The van der Waals surface area contributed by atoms with Crippen molar-refractivity contribution in [2.45, 2.75) is 32.7 Å². The Kier molecular flexibility index (Phi) is 12.5. The van der Waals surface area contributed by atoms with Crippen LogP contribution in [0.15, 0.2) is 27.7 Å². The molecule has 1 aliphatic heterocycles. The van der Waals surface area contributed by atoms with Crippen molar-refractivity contribution < 1.29 is 4.39 Å². The van der Waals surface area contributed by atoms with Crippen molar-refractivity contribution in [3.8, 4) is 0 Å². The van der Waals surface area contributed by atoms with Crippen LogP contribution in [-0.2, 0) is 6.42 Å². The second-order valence-electron chi connectivity index (χ2n) is 7.17. The Bertz CT molecular complexity index is 608. The standard InChI is InChI=1S/C20H33BrFN5.HI/c1-4-23-20(25-15-16(2)27-12-10-26(3)11-13-27)24-9-5-6-17-7-8-18(21)14-19(17)22;/h7-8,14,16H,4-6,9-13,15H2,1-3H3,(H2,23,24,25);1H. The second kappa shape index (κ2) is 13.7. The molecule has 8 heteroatoms. The van der Waals surface area contributed by atoms with E-state index in [0.29, 0.717) is 12.5 Å². The zero-order chi connectivity index (χ0) is 19.6. The van der Waals surface area contributed by atoms with Crippen LogP contribution in [0.4, 0.5) is 4.39 Å². The summed E-state index contributed by atoms with van der Waals surface area (Å²) in [5.41, 5.74) is 0.755. The van der Waals surface area contributed by atoms with Crippen molar-refractivity contribution in [1.29, 1.82) is 0 Å². The molecule has 28 heavy (non-hydrogen) atoms. The fraction of sp³-hybridized carbons (Fsp3) is 0.650. The van der Waals surface area contributed by atoms with Crippen molar-refractivity contribution in [2.24, 2.45) is 4.99 Å². The SMILES string of the molecule is CCNC(=NCC(C)N1CCN(C)CC1)NCCCc1ccc(Br)cc1F.I. The van der Waals surface area contributed by atoms with Gasteiger partial charge in [0.25, 0.3) is 0 Å². The highest BCUT2D eigenvalue weighted by Gasteiger charge is 2.18. The lowest BCUT2D eigenvalue weighted by Gasteiger charge is -2.35. The van der Waals surface area contributed by atoms with Gasteiger partial charge in [-0.05, 0) is 51.4 Å². The molecule has 1 atom stereocenters. The van der Waals surface area contributed by atoms with E-state index in [2.05, 4.69) is 57.3 Å². The Morgan fingerprint density at radius 2 is 1.96 bits per heavy atom. The molecule has 0 bridgehead atoms. The van der Waals surface area contributed by atoms with E-state index in [0.717, 1.165) is 68.2 Å². The minimum absolute atomic E-state index is 0. The van der Waals surface area contributed by atoms with Crippen LogP contribution < -0.4 is 10.6 Å². The monoisotopic (exact) mass is 569 g/mol. The van der Waals surface area contributed by atoms with E-state index >= 15 is 0 Å². The van der Waals surface area contributed by atoms with E-state index < -0.39 is 0 Å². The van der Waals surface area contributed by atoms with Gasteiger partial charge in [-0.1, -0.05) is 22.0 Å². The smallest absolute Gasteiger partial charge is 0.191 e. The van der Waals surface area contributed by atoms with Crippen LogP contribution in [0.2, 0.25) is 0 Å². The average Bonchev–Trinajstić information content (AvgIpc) is 2.64. The van der Waals surface area contributed by atoms with Crippen molar-refractivity contribution >= 4 is 45.9 Å². The van der Waals surface area contributed by atoms with Crippen LogP contribution >= 0.6 is 39.9 Å². The summed E-state index contributed by atoms with van der Waals surface area (Å²) in [7, 11) is 2.17. The number of halogens is 3. The highest BCUT2D eigenvalue weighted by Crippen LogP contribution is 2.16. The van der Waals surface area contributed by atoms with Gasteiger partial charge in [-0.3, -0.25) is 9.89 Å². The van der Waals surface area contributed by atoms with E-state index in [4.69, 9.17) is 4.99 Å². The maximum atomic E-state index is 13.9. The van der Waals surface area contributed by atoms with Crippen LogP contribution in [0.5, 0.6) is 0 Å². The Labute approximate surface area is 194 Å². The summed E-state index contributed by atoms with van der Waals surface area (Å²) >= 11 is 3.29. The Balaban J connectivity index is 0.00000392. The summed E-state index contributed by atoms with van der Waals surface area (Å²) in [4.78, 5) is 9.61. The number of likely N-dealkylation sites (N-methyl/N-ethyl adjacent to an activating group) is 1. The predicted molar refractivity (Wildman–Crippen MR) is 130 cm³/mol. The Morgan fingerprint density at radius 1 is 1.25 bits per heavy atom. The molecule has 0 radical (unpaired) electrons.